The molecular formula is C17H11F6N7O. The van der Waals surface area contributed by atoms with E-state index in [1.807, 2.05) is 0 Å². The number of hydrogen-bond donors (Lipinski definition) is 1. The van der Waals surface area contributed by atoms with Crippen molar-refractivity contribution in [2.24, 2.45) is 5.84 Å². The molecule has 0 spiro atoms. The lowest BCUT2D eigenvalue weighted by Crippen LogP contribution is -2.36. The van der Waals surface area contributed by atoms with Gasteiger partial charge < -0.3 is 0 Å². The highest BCUT2D eigenvalue weighted by molar-refractivity contribution is 6.01. The topological polar surface area (TPSA) is 103 Å². The first-order chi connectivity index (χ1) is 14.4. The van der Waals surface area contributed by atoms with Gasteiger partial charge in [0.1, 0.15) is 6.33 Å². The van der Waals surface area contributed by atoms with Gasteiger partial charge in [0.15, 0.2) is 11.6 Å². The summed E-state index contributed by atoms with van der Waals surface area (Å²) >= 11 is 0. The van der Waals surface area contributed by atoms with Crippen LogP contribution in [0.4, 0.5) is 32.2 Å². The molecule has 14 heteroatoms. The van der Waals surface area contributed by atoms with Gasteiger partial charge in [-0.3, -0.25) is 9.78 Å². The summed E-state index contributed by atoms with van der Waals surface area (Å²) in [5, 5.41) is 4.45. The molecule has 0 saturated carbocycles. The highest BCUT2D eigenvalue weighted by Gasteiger charge is 2.37. The van der Waals surface area contributed by atoms with Crippen LogP contribution in [0.15, 0.2) is 49.2 Å². The Labute approximate surface area is 169 Å². The summed E-state index contributed by atoms with van der Waals surface area (Å²) in [5.74, 6) is 4.46. The first kappa shape index (κ1) is 21.9. The molecule has 1 aromatic carbocycles. The lowest BCUT2D eigenvalue weighted by atomic mass is 10.0. The van der Waals surface area contributed by atoms with E-state index in [9.17, 15) is 31.1 Å². The number of nitrogens with two attached hydrogens (primary N) is 1. The minimum absolute atomic E-state index is 0.00136. The molecule has 3 rings (SSSR count). The average molecular weight is 443 g/mol. The van der Waals surface area contributed by atoms with Crippen LogP contribution >= 0.6 is 0 Å². The maximum Gasteiger partial charge on any atom is 0.416 e. The fourth-order valence-corrected chi connectivity index (χ4v) is 2.31. The molecule has 0 unspecified atom stereocenters. The third kappa shape index (κ3) is 5.22. The van der Waals surface area contributed by atoms with Gasteiger partial charge in [-0.15, -0.1) is 5.10 Å². The van der Waals surface area contributed by atoms with Crippen LogP contribution in [0.2, 0.25) is 0 Å². The molecule has 162 valence electrons. The number of alkyl halides is 6. The molecule has 0 saturated heterocycles. The molecule has 2 heterocycles. The molecular weight excluding hydrogens is 432 g/mol. The van der Waals surface area contributed by atoms with Crippen LogP contribution in [0.25, 0.3) is 17.6 Å². The summed E-state index contributed by atoms with van der Waals surface area (Å²) in [6.07, 6.45) is -3.10. The fourth-order valence-electron chi connectivity index (χ4n) is 2.31. The average Bonchev–Trinajstić information content (AvgIpc) is 3.19. The standard InChI is InChI=1S/C17H11F6N7O/c18-16(19,20)11-5-10(6-12(7-11)17(21,22)23)15-27-9-29(28-15)4-1-14(31)30(24)13-8-25-2-3-26-13/h1-9H,24H2. The van der Waals surface area contributed by atoms with Gasteiger partial charge in [-0.2, -0.15) is 26.3 Å². The zero-order valence-corrected chi connectivity index (χ0v) is 15.1. The van der Waals surface area contributed by atoms with Crippen LogP contribution in [-0.2, 0) is 17.1 Å². The van der Waals surface area contributed by atoms with Gasteiger partial charge in [-0.25, -0.2) is 25.5 Å². The third-order valence-electron chi connectivity index (χ3n) is 3.76. The molecule has 2 N–H and O–H groups in total. The minimum atomic E-state index is -5.00. The van der Waals surface area contributed by atoms with Crippen molar-refractivity contribution < 1.29 is 31.1 Å². The van der Waals surface area contributed by atoms with Crippen LogP contribution in [-0.4, -0.2) is 30.6 Å². The van der Waals surface area contributed by atoms with E-state index < -0.39 is 40.8 Å². The second-order valence-electron chi connectivity index (χ2n) is 5.93. The van der Waals surface area contributed by atoms with Gasteiger partial charge in [0.2, 0.25) is 0 Å². The molecule has 0 atom stereocenters. The number of aromatic nitrogens is 5. The number of carbonyl (C=O) groups excluding carboxylic acids is 1. The number of halogens is 6. The SMILES string of the molecule is NN(C(=O)C=Cn1cnc(-c2cc(C(F)(F)F)cc(C(F)(F)F)c2)n1)c1cnccn1. The van der Waals surface area contributed by atoms with E-state index >= 15 is 0 Å². The Balaban J connectivity index is 1.86. The minimum Gasteiger partial charge on any atom is -0.268 e. The Kier molecular flexibility index (Phi) is 5.75. The molecule has 31 heavy (non-hydrogen) atoms. The zero-order chi connectivity index (χ0) is 22.8. The number of nitrogens with zero attached hydrogens (tertiary/aromatic N) is 6. The van der Waals surface area contributed by atoms with Gasteiger partial charge in [0, 0.05) is 30.2 Å². The summed E-state index contributed by atoms with van der Waals surface area (Å²) in [6.45, 7) is 0. The number of anilines is 1. The molecule has 2 aromatic heterocycles. The van der Waals surface area contributed by atoms with Gasteiger partial charge in [-0.1, -0.05) is 0 Å². The van der Waals surface area contributed by atoms with Crippen LogP contribution in [0.3, 0.4) is 0 Å². The van der Waals surface area contributed by atoms with Crippen LogP contribution in [0.5, 0.6) is 0 Å². The molecule has 0 aliphatic carbocycles. The number of hydrazine groups is 1. The number of rotatable bonds is 4. The number of amides is 1. The third-order valence-corrected chi connectivity index (χ3v) is 3.76. The van der Waals surface area contributed by atoms with Crippen LogP contribution in [0, 0.1) is 0 Å². The normalized spacial score (nSPS) is 12.4. The van der Waals surface area contributed by atoms with Gasteiger partial charge in [0.05, 0.1) is 17.3 Å². The monoisotopic (exact) mass is 443 g/mol. The van der Waals surface area contributed by atoms with Crippen molar-refractivity contribution in [2.45, 2.75) is 12.4 Å². The van der Waals surface area contributed by atoms with Crippen LogP contribution in [0.1, 0.15) is 11.1 Å². The first-order valence-electron chi connectivity index (χ1n) is 8.19. The molecule has 0 radical (unpaired) electrons. The van der Waals surface area contributed by atoms with Crippen molar-refractivity contribution in [1.82, 2.24) is 24.7 Å². The van der Waals surface area contributed by atoms with Gasteiger partial charge in [-0.05, 0) is 18.2 Å². The van der Waals surface area contributed by atoms with Crippen molar-refractivity contribution >= 4 is 17.9 Å². The Morgan fingerprint density at radius 3 is 2.19 bits per heavy atom. The highest BCUT2D eigenvalue weighted by atomic mass is 19.4. The molecule has 8 nitrogen and oxygen atoms in total. The van der Waals surface area contributed by atoms with Crippen molar-refractivity contribution in [1.29, 1.82) is 0 Å². The maximum atomic E-state index is 13.0. The lowest BCUT2D eigenvalue weighted by molar-refractivity contribution is -0.143. The smallest absolute Gasteiger partial charge is 0.268 e. The second-order valence-corrected chi connectivity index (χ2v) is 5.93. The van der Waals surface area contributed by atoms with E-state index in [0.29, 0.717) is 17.1 Å². The van der Waals surface area contributed by atoms with E-state index in [2.05, 4.69) is 20.1 Å². The fraction of sp³-hybridized carbons (Fsp3) is 0.118. The Morgan fingerprint density at radius 2 is 1.65 bits per heavy atom. The molecule has 3 aromatic rings. The van der Waals surface area contributed by atoms with Gasteiger partial charge in [0.25, 0.3) is 5.91 Å². The lowest BCUT2D eigenvalue weighted by Gasteiger charge is -2.13. The number of hydrogen-bond acceptors (Lipinski definition) is 6. The second kappa shape index (κ2) is 8.14. The van der Waals surface area contributed by atoms with Crippen molar-refractivity contribution in [3.8, 4) is 11.4 Å². The summed E-state index contributed by atoms with van der Waals surface area (Å²) in [5.41, 5.74) is -3.50. The quantitative estimate of drug-likeness (QED) is 0.219. The summed E-state index contributed by atoms with van der Waals surface area (Å²) in [7, 11) is 0. The van der Waals surface area contributed by atoms with Gasteiger partial charge >= 0.3 is 12.4 Å². The van der Waals surface area contributed by atoms with E-state index in [1.165, 1.54) is 18.6 Å². The molecule has 0 aliphatic heterocycles. The highest BCUT2D eigenvalue weighted by Crippen LogP contribution is 2.38. The summed E-state index contributed by atoms with van der Waals surface area (Å²) in [6, 6.07) is 1.00. The first-order valence-corrected chi connectivity index (χ1v) is 8.19. The molecule has 0 fully saturated rings. The Bertz CT molecular complexity index is 1080. The van der Waals surface area contributed by atoms with Crippen LogP contribution < -0.4 is 10.9 Å². The van der Waals surface area contributed by atoms with E-state index in [0.717, 1.165) is 23.3 Å². The van der Waals surface area contributed by atoms with Crippen molar-refractivity contribution in [3.05, 3.63) is 60.3 Å². The molecule has 0 bridgehead atoms. The predicted molar refractivity (Wildman–Crippen MR) is 94.5 cm³/mol. The predicted octanol–water partition coefficient (Wildman–Crippen LogP) is 3.15. The zero-order valence-electron chi connectivity index (χ0n) is 15.1. The van der Waals surface area contributed by atoms with Crippen molar-refractivity contribution in [2.75, 3.05) is 5.01 Å². The Morgan fingerprint density at radius 1 is 1.00 bits per heavy atom. The van der Waals surface area contributed by atoms with E-state index in [4.69, 9.17) is 5.84 Å². The summed E-state index contributed by atoms with van der Waals surface area (Å²) < 4.78 is 78.9. The summed E-state index contributed by atoms with van der Waals surface area (Å²) in [4.78, 5) is 23.3. The maximum absolute atomic E-state index is 13.0. The number of benzene rings is 1. The van der Waals surface area contributed by atoms with E-state index in [1.54, 1.807) is 0 Å². The Hall–Kier alpha value is -3.81. The van der Waals surface area contributed by atoms with E-state index in [-0.39, 0.29) is 11.9 Å². The molecule has 1 amide bonds. The van der Waals surface area contributed by atoms with Crippen molar-refractivity contribution in [3.63, 3.8) is 0 Å². The largest absolute Gasteiger partial charge is 0.416 e. The molecule has 0 aliphatic rings. The number of carbonyl (C=O) groups is 1.